The van der Waals surface area contributed by atoms with Crippen molar-refractivity contribution in [1.29, 1.82) is 0 Å². The van der Waals surface area contributed by atoms with Crippen molar-refractivity contribution >= 4 is 45.8 Å². The van der Waals surface area contributed by atoms with Crippen LogP contribution in [-0.2, 0) is 4.79 Å². The van der Waals surface area contributed by atoms with Crippen molar-refractivity contribution in [1.82, 2.24) is 5.32 Å². The second kappa shape index (κ2) is 7.26. The quantitative estimate of drug-likeness (QED) is 0.669. The van der Waals surface area contributed by atoms with Gasteiger partial charge in [0, 0.05) is 5.39 Å². The molecule has 0 aliphatic rings. The first kappa shape index (κ1) is 16.8. The summed E-state index contributed by atoms with van der Waals surface area (Å²) in [5, 5.41) is 7.64. The van der Waals surface area contributed by atoms with E-state index in [1.165, 1.54) is 0 Å². The minimum Gasteiger partial charge on any atom is -0.459 e. The van der Waals surface area contributed by atoms with Gasteiger partial charge in [0.15, 0.2) is 0 Å². The lowest BCUT2D eigenvalue weighted by molar-refractivity contribution is -0.115. The van der Waals surface area contributed by atoms with Crippen molar-refractivity contribution < 1.29 is 9.21 Å². The zero-order chi connectivity index (χ0) is 17.1. The van der Waals surface area contributed by atoms with E-state index in [4.69, 9.17) is 27.6 Å². The molecule has 0 fully saturated rings. The Hall–Kier alpha value is -2.01. The Labute approximate surface area is 149 Å². The fourth-order valence-electron chi connectivity index (χ4n) is 2.36. The summed E-state index contributed by atoms with van der Waals surface area (Å²) in [6.07, 6.45) is 0. The maximum atomic E-state index is 12.1. The maximum absolute atomic E-state index is 12.1. The van der Waals surface area contributed by atoms with Gasteiger partial charge in [-0.3, -0.25) is 10.1 Å². The van der Waals surface area contributed by atoms with Crippen molar-refractivity contribution in [3.05, 3.63) is 64.3 Å². The van der Waals surface area contributed by atoms with Gasteiger partial charge in [-0.2, -0.15) is 0 Å². The summed E-state index contributed by atoms with van der Waals surface area (Å²) >= 11 is 12.0. The molecule has 6 heteroatoms. The van der Waals surface area contributed by atoms with Crippen LogP contribution in [0.4, 0.5) is 5.69 Å². The van der Waals surface area contributed by atoms with E-state index in [9.17, 15) is 4.79 Å². The Balaban J connectivity index is 1.60. The predicted octanol–water partition coefficient (Wildman–Crippen LogP) is 5.03. The molecule has 1 atom stereocenters. The number of benzene rings is 2. The van der Waals surface area contributed by atoms with E-state index in [1.807, 2.05) is 37.3 Å². The average Bonchev–Trinajstić information content (AvgIpc) is 3.01. The van der Waals surface area contributed by atoms with E-state index < -0.39 is 0 Å². The van der Waals surface area contributed by atoms with Gasteiger partial charge in [0.1, 0.15) is 11.3 Å². The topological polar surface area (TPSA) is 54.3 Å². The molecule has 4 nitrogen and oxygen atoms in total. The SMILES string of the molecule is CC(NCC(=O)Nc1cccc(Cl)c1Cl)c1cc2ccccc2o1. The number of rotatable bonds is 5. The Kier molecular flexibility index (Phi) is 5.09. The number of furan rings is 1. The highest BCUT2D eigenvalue weighted by Gasteiger charge is 2.13. The van der Waals surface area contributed by atoms with Gasteiger partial charge in [0.2, 0.25) is 5.91 Å². The number of nitrogens with one attached hydrogen (secondary N) is 2. The van der Waals surface area contributed by atoms with Gasteiger partial charge in [-0.05, 0) is 31.2 Å². The number of carbonyl (C=O) groups excluding carboxylic acids is 1. The molecule has 24 heavy (non-hydrogen) atoms. The van der Waals surface area contributed by atoms with Crippen LogP contribution in [0.15, 0.2) is 52.9 Å². The molecule has 124 valence electrons. The Bertz CT molecular complexity index is 843. The third-order valence-corrected chi connectivity index (χ3v) is 4.48. The summed E-state index contributed by atoms with van der Waals surface area (Å²) in [6.45, 7) is 2.07. The number of hydrogen-bond donors (Lipinski definition) is 2. The Morgan fingerprint density at radius 2 is 1.96 bits per heavy atom. The van der Waals surface area contributed by atoms with E-state index in [2.05, 4.69) is 10.6 Å². The van der Waals surface area contributed by atoms with Crippen LogP contribution < -0.4 is 10.6 Å². The normalized spacial score (nSPS) is 12.3. The molecule has 1 aromatic heterocycles. The minimum absolute atomic E-state index is 0.0991. The molecule has 0 saturated heterocycles. The molecule has 0 saturated carbocycles. The fourth-order valence-corrected chi connectivity index (χ4v) is 2.70. The molecule has 0 spiro atoms. The van der Waals surface area contributed by atoms with Gasteiger partial charge >= 0.3 is 0 Å². The summed E-state index contributed by atoms with van der Waals surface area (Å²) in [7, 11) is 0. The van der Waals surface area contributed by atoms with E-state index in [0.717, 1.165) is 16.7 Å². The van der Waals surface area contributed by atoms with Crippen LogP contribution in [0.3, 0.4) is 0 Å². The first-order chi connectivity index (χ1) is 11.5. The van der Waals surface area contributed by atoms with Crippen LogP contribution in [0.25, 0.3) is 11.0 Å². The molecular formula is C18H16Cl2N2O2. The van der Waals surface area contributed by atoms with Crippen LogP contribution in [0, 0.1) is 0 Å². The average molecular weight is 363 g/mol. The molecule has 0 aliphatic heterocycles. The van der Waals surface area contributed by atoms with Gasteiger partial charge in [-0.15, -0.1) is 0 Å². The standard InChI is InChI=1S/C18H16Cl2N2O2/c1-11(16-9-12-5-2-3-8-15(12)24-16)21-10-17(23)22-14-7-4-6-13(19)18(14)20/h2-9,11,21H,10H2,1H3,(H,22,23). The molecule has 1 amide bonds. The molecule has 1 heterocycles. The van der Waals surface area contributed by atoms with Gasteiger partial charge in [0.05, 0.1) is 28.3 Å². The molecule has 3 rings (SSSR count). The molecule has 0 aliphatic carbocycles. The second-order valence-electron chi connectivity index (χ2n) is 5.44. The highest BCUT2D eigenvalue weighted by atomic mass is 35.5. The second-order valence-corrected chi connectivity index (χ2v) is 6.22. The zero-order valence-corrected chi connectivity index (χ0v) is 14.5. The lowest BCUT2D eigenvalue weighted by Gasteiger charge is -2.12. The van der Waals surface area contributed by atoms with E-state index in [-0.39, 0.29) is 18.5 Å². The number of amides is 1. The Morgan fingerprint density at radius 1 is 1.17 bits per heavy atom. The third-order valence-electron chi connectivity index (χ3n) is 3.67. The number of hydrogen-bond acceptors (Lipinski definition) is 3. The number of para-hydroxylation sites is 1. The molecule has 3 aromatic rings. The number of carbonyl (C=O) groups is 1. The molecule has 0 radical (unpaired) electrons. The zero-order valence-electron chi connectivity index (χ0n) is 13.0. The molecule has 2 aromatic carbocycles. The molecule has 2 N–H and O–H groups in total. The van der Waals surface area contributed by atoms with Crippen molar-refractivity contribution in [3.8, 4) is 0 Å². The summed E-state index contributed by atoms with van der Waals surface area (Å²) in [5.74, 6) is 0.576. The van der Waals surface area contributed by atoms with E-state index >= 15 is 0 Å². The first-order valence-corrected chi connectivity index (χ1v) is 8.26. The van der Waals surface area contributed by atoms with Crippen molar-refractivity contribution in [2.75, 3.05) is 11.9 Å². The smallest absolute Gasteiger partial charge is 0.238 e. The monoisotopic (exact) mass is 362 g/mol. The van der Waals surface area contributed by atoms with Crippen molar-refractivity contribution in [3.63, 3.8) is 0 Å². The predicted molar refractivity (Wildman–Crippen MR) is 97.7 cm³/mol. The van der Waals surface area contributed by atoms with Crippen LogP contribution in [0.5, 0.6) is 0 Å². The minimum atomic E-state index is -0.206. The number of halogens is 2. The van der Waals surface area contributed by atoms with Crippen molar-refractivity contribution in [2.24, 2.45) is 0 Å². The van der Waals surface area contributed by atoms with E-state index in [0.29, 0.717) is 15.7 Å². The lowest BCUT2D eigenvalue weighted by atomic mass is 10.2. The van der Waals surface area contributed by atoms with Gasteiger partial charge in [-0.25, -0.2) is 0 Å². The summed E-state index contributed by atoms with van der Waals surface area (Å²) in [5.41, 5.74) is 1.32. The summed E-state index contributed by atoms with van der Waals surface area (Å²) in [4.78, 5) is 12.1. The first-order valence-electron chi connectivity index (χ1n) is 7.50. The largest absolute Gasteiger partial charge is 0.459 e. The highest BCUT2D eigenvalue weighted by Crippen LogP contribution is 2.29. The van der Waals surface area contributed by atoms with Crippen LogP contribution in [0.2, 0.25) is 10.0 Å². The maximum Gasteiger partial charge on any atom is 0.238 e. The van der Waals surface area contributed by atoms with Gasteiger partial charge < -0.3 is 9.73 Å². The Morgan fingerprint density at radius 3 is 2.75 bits per heavy atom. The lowest BCUT2D eigenvalue weighted by Crippen LogP contribution is -2.30. The summed E-state index contributed by atoms with van der Waals surface area (Å²) < 4.78 is 5.78. The van der Waals surface area contributed by atoms with Gasteiger partial charge in [-0.1, -0.05) is 47.5 Å². The molecule has 1 unspecified atom stereocenters. The fraction of sp³-hybridized carbons (Fsp3) is 0.167. The summed E-state index contributed by atoms with van der Waals surface area (Å²) in [6, 6.07) is 14.8. The highest BCUT2D eigenvalue weighted by molar-refractivity contribution is 6.44. The van der Waals surface area contributed by atoms with Crippen LogP contribution in [0.1, 0.15) is 18.7 Å². The number of fused-ring (bicyclic) bond motifs is 1. The van der Waals surface area contributed by atoms with E-state index in [1.54, 1.807) is 18.2 Å². The van der Waals surface area contributed by atoms with Crippen molar-refractivity contribution in [2.45, 2.75) is 13.0 Å². The molecular weight excluding hydrogens is 347 g/mol. The van der Waals surface area contributed by atoms with Gasteiger partial charge in [0.25, 0.3) is 0 Å². The van der Waals surface area contributed by atoms with Crippen LogP contribution in [-0.4, -0.2) is 12.5 Å². The molecule has 0 bridgehead atoms. The number of anilines is 1. The third kappa shape index (κ3) is 3.73. The van der Waals surface area contributed by atoms with Crippen LogP contribution >= 0.6 is 23.2 Å².